The first-order valence-corrected chi connectivity index (χ1v) is 10.9. The van der Waals surface area contributed by atoms with Gasteiger partial charge < -0.3 is 14.8 Å². The highest BCUT2D eigenvalue weighted by atomic mass is 32.2. The summed E-state index contributed by atoms with van der Waals surface area (Å²) in [6, 6.07) is 6.99. The molecule has 0 atom stereocenters. The van der Waals surface area contributed by atoms with E-state index in [1.807, 2.05) is 25.3 Å². The number of methoxy groups -OCH3 is 2. The molecule has 3 rings (SSSR count). The van der Waals surface area contributed by atoms with Gasteiger partial charge in [0.05, 0.1) is 25.5 Å². The molecule has 0 aliphatic carbocycles. The van der Waals surface area contributed by atoms with E-state index >= 15 is 0 Å². The summed E-state index contributed by atoms with van der Waals surface area (Å²) in [5, 5.41) is 5.24. The van der Waals surface area contributed by atoms with E-state index in [0.29, 0.717) is 39.1 Å². The minimum atomic E-state index is -0.207. The Kier molecular flexibility index (Phi) is 6.81. The van der Waals surface area contributed by atoms with Crippen LogP contribution in [0.5, 0.6) is 11.5 Å². The number of anilines is 1. The van der Waals surface area contributed by atoms with E-state index < -0.39 is 0 Å². The van der Waals surface area contributed by atoms with Crippen molar-refractivity contribution >= 4 is 44.9 Å². The summed E-state index contributed by atoms with van der Waals surface area (Å²) in [5.74, 6) is 1.37. The SMILES string of the molecule is COc1cc(NC(=O)CSc2nc3ccsc3c(=O)n2CC(C)C)cc(OC)c1. The van der Waals surface area contributed by atoms with Crippen molar-refractivity contribution in [3.63, 3.8) is 0 Å². The van der Waals surface area contributed by atoms with Crippen molar-refractivity contribution in [2.24, 2.45) is 5.92 Å². The standard InChI is InChI=1S/C20H23N3O4S2/c1-12(2)10-23-19(25)18-16(5-6-28-18)22-20(23)29-11-17(24)21-13-7-14(26-3)9-15(8-13)27-4/h5-9,12H,10-11H2,1-4H3,(H,21,24). The number of aromatic nitrogens is 2. The lowest BCUT2D eigenvalue weighted by Gasteiger charge is -2.14. The number of nitrogens with one attached hydrogen (secondary N) is 1. The van der Waals surface area contributed by atoms with Gasteiger partial charge in [-0.1, -0.05) is 25.6 Å². The number of rotatable bonds is 8. The van der Waals surface area contributed by atoms with Crippen molar-refractivity contribution in [1.29, 1.82) is 0 Å². The molecule has 0 unspecified atom stereocenters. The minimum Gasteiger partial charge on any atom is -0.497 e. The number of thioether (sulfide) groups is 1. The Bertz CT molecular complexity index is 1050. The Hall–Kier alpha value is -2.52. The number of carbonyl (C=O) groups is 1. The molecule has 0 fully saturated rings. The number of nitrogens with zero attached hydrogens (tertiary/aromatic N) is 2. The molecule has 0 saturated heterocycles. The maximum absolute atomic E-state index is 12.8. The van der Waals surface area contributed by atoms with Gasteiger partial charge in [-0.15, -0.1) is 11.3 Å². The molecule has 0 radical (unpaired) electrons. The van der Waals surface area contributed by atoms with Crippen LogP contribution < -0.4 is 20.3 Å². The van der Waals surface area contributed by atoms with Crippen LogP contribution in [0.15, 0.2) is 39.6 Å². The van der Waals surface area contributed by atoms with Crippen molar-refractivity contribution in [2.45, 2.75) is 25.5 Å². The molecule has 1 amide bonds. The largest absolute Gasteiger partial charge is 0.497 e. The summed E-state index contributed by atoms with van der Waals surface area (Å²) >= 11 is 2.64. The van der Waals surface area contributed by atoms with Gasteiger partial charge >= 0.3 is 0 Å². The topological polar surface area (TPSA) is 82.5 Å². The smallest absolute Gasteiger partial charge is 0.272 e. The van der Waals surface area contributed by atoms with E-state index in [9.17, 15) is 9.59 Å². The van der Waals surface area contributed by atoms with Gasteiger partial charge in [0.1, 0.15) is 16.2 Å². The van der Waals surface area contributed by atoms with Gasteiger partial charge in [-0.25, -0.2) is 4.98 Å². The first-order valence-electron chi connectivity index (χ1n) is 9.05. The van der Waals surface area contributed by atoms with Crippen molar-refractivity contribution in [3.05, 3.63) is 40.0 Å². The summed E-state index contributed by atoms with van der Waals surface area (Å²) in [6.45, 7) is 4.64. The summed E-state index contributed by atoms with van der Waals surface area (Å²) in [5.41, 5.74) is 1.19. The molecule has 7 nitrogen and oxygen atoms in total. The molecular weight excluding hydrogens is 410 g/mol. The lowest BCUT2D eigenvalue weighted by molar-refractivity contribution is -0.113. The van der Waals surface area contributed by atoms with Crippen LogP contribution in [0.4, 0.5) is 5.69 Å². The highest BCUT2D eigenvalue weighted by molar-refractivity contribution is 7.99. The van der Waals surface area contributed by atoms with Crippen LogP contribution >= 0.6 is 23.1 Å². The Labute approximate surface area is 177 Å². The quantitative estimate of drug-likeness (QED) is 0.429. The molecule has 2 heterocycles. The zero-order chi connectivity index (χ0) is 21.0. The van der Waals surface area contributed by atoms with Gasteiger partial charge in [-0.3, -0.25) is 14.2 Å². The lowest BCUT2D eigenvalue weighted by atomic mass is 10.2. The second kappa shape index (κ2) is 9.32. The van der Waals surface area contributed by atoms with E-state index in [1.54, 1.807) is 37.0 Å². The Morgan fingerprint density at radius 2 is 1.93 bits per heavy atom. The van der Waals surface area contributed by atoms with Gasteiger partial charge in [0.15, 0.2) is 5.16 Å². The molecule has 1 N–H and O–H groups in total. The predicted molar refractivity (Wildman–Crippen MR) is 118 cm³/mol. The number of thiophene rings is 1. The summed E-state index contributed by atoms with van der Waals surface area (Å²) in [4.78, 5) is 29.9. The Balaban J connectivity index is 1.78. The average Bonchev–Trinajstić information content (AvgIpc) is 3.17. The average molecular weight is 434 g/mol. The third kappa shape index (κ3) is 5.10. The second-order valence-electron chi connectivity index (χ2n) is 6.78. The molecular formula is C20H23N3O4S2. The van der Waals surface area contributed by atoms with E-state index in [-0.39, 0.29) is 23.1 Å². The molecule has 0 aliphatic heterocycles. The van der Waals surface area contributed by atoms with Crippen LogP contribution in [0.25, 0.3) is 10.2 Å². The number of hydrogen-bond donors (Lipinski definition) is 1. The van der Waals surface area contributed by atoms with Crippen molar-refractivity contribution < 1.29 is 14.3 Å². The number of benzene rings is 1. The van der Waals surface area contributed by atoms with E-state index in [2.05, 4.69) is 10.3 Å². The first-order chi connectivity index (χ1) is 13.9. The third-order valence-electron chi connectivity index (χ3n) is 4.05. The molecule has 29 heavy (non-hydrogen) atoms. The predicted octanol–water partition coefficient (Wildman–Crippen LogP) is 3.86. The highest BCUT2D eigenvalue weighted by Crippen LogP contribution is 2.26. The van der Waals surface area contributed by atoms with Crippen LogP contribution in [-0.4, -0.2) is 35.4 Å². The number of hydrogen-bond acceptors (Lipinski definition) is 7. The fourth-order valence-corrected chi connectivity index (χ4v) is 4.35. The van der Waals surface area contributed by atoms with Crippen LogP contribution in [0.2, 0.25) is 0 Å². The number of fused-ring (bicyclic) bond motifs is 1. The van der Waals surface area contributed by atoms with Crippen LogP contribution in [-0.2, 0) is 11.3 Å². The molecule has 1 aromatic carbocycles. The van der Waals surface area contributed by atoms with E-state index in [0.717, 1.165) is 0 Å². The summed E-state index contributed by atoms with van der Waals surface area (Å²) < 4.78 is 12.8. The molecule has 0 saturated carbocycles. The van der Waals surface area contributed by atoms with Gasteiger partial charge in [0.2, 0.25) is 5.91 Å². The van der Waals surface area contributed by atoms with Gasteiger partial charge in [-0.2, -0.15) is 0 Å². The number of ether oxygens (including phenoxy) is 2. The monoisotopic (exact) mass is 433 g/mol. The lowest BCUT2D eigenvalue weighted by Crippen LogP contribution is -2.25. The van der Waals surface area contributed by atoms with Crippen molar-refractivity contribution in [3.8, 4) is 11.5 Å². The van der Waals surface area contributed by atoms with Crippen molar-refractivity contribution in [1.82, 2.24) is 9.55 Å². The number of amides is 1. The molecule has 0 spiro atoms. The fraction of sp³-hybridized carbons (Fsp3) is 0.350. The van der Waals surface area contributed by atoms with Gasteiger partial charge in [0, 0.05) is 30.4 Å². The molecule has 154 valence electrons. The van der Waals surface area contributed by atoms with E-state index in [1.165, 1.54) is 23.1 Å². The Morgan fingerprint density at radius 1 is 1.24 bits per heavy atom. The zero-order valence-corrected chi connectivity index (χ0v) is 18.4. The molecule has 9 heteroatoms. The van der Waals surface area contributed by atoms with Crippen molar-refractivity contribution in [2.75, 3.05) is 25.3 Å². The summed E-state index contributed by atoms with van der Waals surface area (Å²) in [6.07, 6.45) is 0. The zero-order valence-electron chi connectivity index (χ0n) is 16.7. The minimum absolute atomic E-state index is 0.0564. The van der Waals surface area contributed by atoms with Crippen LogP contribution in [0.1, 0.15) is 13.8 Å². The Morgan fingerprint density at radius 3 is 2.55 bits per heavy atom. The normalized spacial score (nSPS) is 11.1. The van der Waals surface area contributed by atoms with Gasteiger partial charge in [-0.05, 0) is 17.4 Å². The fourth-order valence-electron chi connectivity index (χ4n) is 2.77. The van der Waals surface area contributed by atoms with Crippen LogP contribution in [0, 0.1) is 5.92 Å². The molecule has 0 aliphatic rings. The number of carbonyl (C=O) groups excluding carboxylic acids is 1. The molecule has 3 aromatic rings. The maximum atomic E-state index is 12.8. The maximum Gasteiger partial charge on any atom is 0.272 e. The molecule has 2 aromatic heterocycles. The van der Waals surface area contributed by atoms with Gasteiger partial charge in [0.25, 0.3) is 5.56 Å². The second-order valence-corrected chi connectivity index (χ2v) is 8.64. The van der Waals surface area contributed by atoms with Crippen LogP contribution in [0.3, 0.4) is 0 Å². The third-order valence-corrected chi connectivity index (χ3v) is 5.91. The summed E-state index contributed by atoms with van der Waals surface area (Å²) in [7, 11) is 3.10. The first kappa shape index (κ1) is 21.2. The highest BCUT2D eigenvalue weighted by Gasteiger charge is 2.15. The molecule has 0 bridgehead atoms. The van der Waals surface area contributed by atoms with E-state index in [4.69, 9.17) is 9.47 Å².